The van der Waals surface area contributed by atoms with Crippen molar-refractivity contribution >= 4 is 37.4 Å². The Balaban J connectivity index is 2.19. The van der Waals surface area contributed by atoms with Crippen LogP contribution in [0.3, 0.4) is 0 Å². The van der Waals surface area contributed by atoms with Gasteiger partial charge < -0.3 is 4.98 Å². The maximum atomic E-state index is 15.3. The van der Waals surface area contributed by atoms with E-state index in [9.17, 15) is 17.6 Å². The highest BCUT2D eigenvalue weighted by Crippen LogP contribution is 2.31. The first-order valence-electron chi connectivity index (χ1n) is 11.1. The van der Waals surface area contributed by atoms with Crippen molar-refractivity contribution in [3.05, 3.63) is 57.7 Å². The van der Waals surface area contributed by atoms with E-state index in [-0.39, 0.29) is 22.0 Å². The summed E-state index contributed by atoms with van der Waals surface area (Å²) in [7, 11) is -4.60. The average Bonchev–Trinajstić information content (AvgIpc) is 3.07. The van der Waals surface area contributed by atoms with E-state index in [4.69, 9.17) is 11.0 Å². The number of benzene rings is 1. The van der Waals surface area contributed by atoms with Crippen LogP contribution in [0.2, 0.25) is 0 Å². The number of halogens is 3. The Bertz CT molecular complexity index is 1450. The molecule has 0 spiro atoms. The lowest BCUT2D eigenvalue weighted by atomic mass is 10.00. The molecule has 10 heteroatoms. The molecule has 6 nitrogen and oxygen atoms in total. The molecule has 0 saturated carbocycles. The molecular formula is C17H14BrF2N3O3S. The first-order valence-corrected chi connectivity index (χ1v) is 9.59. The molecule has 0 saturated heterocycles. The molecule has 1 aromatic carbocycles. The Morgan fingerprint density at radius 1 is 1.44 bits per heavy atom. The predicted octanol–water partition coefficient (Wildman–Crippen LogP) is 3.94. The number of nitrogens with one attached hydrogen (secondary N) is 2. The number of carbonyl (C=O) groups is 1. The number of carbonyl (C=O) groups excluding carboxylic acids is 1. The van der Waals surface area contributed by atoms with Gasteiger partial charge in [0.2, 0.25) is 15.8 Å². The van der Waals surface area contributed by atoms with Gasteiger partial charge in [0.15, 0.2) is 5.82 Å². The van der Waals surface area contributed by atoms with Gasteiger partial charge in [-0.25, -0.2) is 22.2 Å². The molecule has 2 N–H and O–H groups in total. The van der Waals surface area contributed by atoms with E-state index in [0.29, 0.717) is 0 Å². The molecule has 1 aromatic rings. The molecule has 0 aromatic heterocycles. The molecule has 2 aliphatic heterocycles. The number of nitrogens with zero attached hydrogens (tertiary/aromatic N) is 1. The van der Waals surface area contributed by atoms with Crippen molar-refractivity contribution in [2.75, 3.05) is 10.5 Å². The van der Waals surface area contributed by atoms with E-state index in [1.807, 2.05) is 0 Å². The molecule has 0 radical (unpaired) electrons. The summed E-state index contributed by atoms with van der Waals surface area (Å²) >= 11 is 2.95. The lowest BCUT2D eigenvalue weighted by Crippen LogP contribution is -2.18. The third-order valence-corrected chi connectivity index (χ3v) is 4.98. The Morgan fingerprint density at radius 2 is 2.22 bits per heavy atom. The van der Waals surface area contributed by atoms with Gasteiger partial charge in [-0.2, -0.15) is 0 Å². The summed E-state index contributed by atoms with van der Waals surface area (Å²) in [5.41, 5.74) is -3.85. The summed E-state index contributed by atoms with van der Waals surface area (Å²) in [6, 6.07) is -3.08. The molecule has 0 amide bonds. The third-order valence-electron chi connectivity index (χ3n) is 3.33. The van der Waals surface area contributed by atoms with Gasteiger partial charge in [0.25, 0.3) is 0 Å². The zero-order valence-electron chi connectivity index (χ0n) is 21.1. The van der Waals surface area contributed by atoms with Crippen LogP contribution in [-0.4, -0.2) is 29.9 Å². The summed E-state index contributed by atoms with van der Waals surface area (Å²) in [5.74, 6) is -6.54. The molecule has 2 heterocycles. The largest absolute Gasteiger partial charge is 0.345 e. The summed E-state index contributed by atoms with van der Waals surface area (Å²) in [5, 5.41) is 0. The fourth-order valence-electron chi connectivity index (χ4n) is 2.17. The number of aromatic amines is 1. The van der Waals surface area contributed by atoms with Crippen LogP contribution in [0.5, 0.6) is 0 Å². The predicted molar refractivity (Wildman–Crippen MR) is 100 cm³/mol. The lowest BCUT2D eigenvalue weighted by Gasteiger charge is -2.11. The number of aromatic nitrogens is 2. The molecule has 0 atom stereocenters. The fourth-order valence-corrected chi connectivity index (χ4v) is 3.29. The molecule has 0 bridgehead atoms. The molecule has 142 valence electrons. The van der Waals surface area contributed by atoms with Crippen molar-refractivity contribution in [3.8, 4) is 11.4 Å². The summed E-state index contributed by atoms with van der Waals surface area (Å²) < 4.78 is 117. The zero-order valence-corrected chi connectivity index (χ0v) is 15.5. The number of hydrogen-bond donors (Lipinski definition) is 2. The van der Waals surface area contributed by atoms with Gasteiger partial charge in [0, 0.05) is 26.5 Å². The first-order chi connectivity index (χ1) is 16.0. The summed E-state index contributed by atoms with van der Waals surface area (Å²) in [6.07, 6.45) is -1.97. The standard InChI is InChI=1S/C17H14BrF2N3O3S/c1-2-5-27(25,26)23-13-4-3-12(19)14(15(13)20)16(24)11-8-22-17-10(11)6-9(18)7-21-17/h3-4,6-8,23H,2,5H2,1H3,(H,21,22)/i1D3,3D,4D,6D,7D,8D. The number of pyridine rings is 1. The van der Waals surface area contributed by atoms with Crippen LogP contribution < -0.4 is 4.72 Å². The molecule has 0 fully saturated rings. The monoisotopic (exact) mass is 465 g/mol. The minimum Gasteiger partial charge on any atom is -0.345 e. The van der Waals surface area contributed by atoms with Gasteiger partial charge in [0.05, 0.1) is 29.4 Å². The molecule has 27 heavy (non-hydrogen) atoms. The van der Waals surface area contributed by atoms with Crippen molar-refractivity contribution in [2.45, 2.75) is 13.3 Å². The number of rotatable bonds is 6. The van der Waals surface area contributed by atoms with Gasteiger partial charge in [-0.05, 0) is 40.5 Å². The number of hydrogen-bond acceptors (Lipinski definition) is 4. The van der Waals surface area contributed by atoms with Crippen LogP contribution in [0.4, 0.5) is 14.5 Å². The number of ketones is 1. The minimum atomic E-state index is -4.60. The second-order valence-electron chi connectivity index (χ2n) is 5.14. The van der Waals surface area contributed by atoms with E-state index in [0.717, 1.165) is 0 Å². The minimum absolute atomic E-state index is 0.141. The normalized spacial score (nSPS) is 16.4. The van der Waals surface area contributed by atoms with E-state index in [2.05, 4.69) is 25.9 Å². The molecule has 3 rings (SSSR count). The number of sulfonamides is 1. The van der Waals surface area contributed by atoms with Crippen molar-refractivity contribution in [2.24, 2.45) is 0 Å². The highest BCUT2D eigenvalue weighted by atomic mass is 79.9. The Hall–Kier alpha value is -2.33. The molecule has 0 aliphatic carbocycles. The fraction of sp³-hybridized carbons (Fsp3) is 0.176. The van der Waals surface area contributed by atoms with Crippen LogP contribution in [-0.2, 0) is 10.0 Å². The van der Waals surface area contributed by atoms with Gasteiger partial charge in [0.1, 0.15) is 11.6 Å². The zero-order chi connectivity index (χ0) is 26.6. The highest BCUT2D eigenvalue weighted by molar-refractivity contribution is 9.10. The Morgan fingerprint density at radius 3 is 2.96 bits per heavy atom. The molecular weight excluding hydrogens is 444 g/mol. The van der Waals surface area contributed by atoms with E-state index < -0.39 is 87.6 Å². The van der Waals surface area contributed by atoms with E-state index in [1.165, 1.54) is 0 Å². The Labute approximate surface area is 173 Å². The lowest BCUT2D eigenvalue weighted by molar-refractivity contribution is 0.103. The van der Waals surface area contributed by atoms with E-state index >= 15 is 4.39 Å². The van der Waals surface area contributed by atoms with Gasteiger partial charge in [-0.15, -0.1) is 0 Å². The average molecular weight is 466 g/mol. The quantitative estimate of drug-likeness (QED) is 0.539. The number of anilines is 1. The maximum absolute atomic E-state index is 15.3. The number of H-pyrrole nitrogens is 1. The maximum Gasteiger partial charge on any atom is 0.232 e. The van der Waals surface area contributed by atoms with Crippen LogP contribution in [0, 0.1) is 11.6 Å². The van der Waals surface area contributed by atoms with E-state index in [1.54, 1.807) is 4.72 Å². The van der Waals surface area contributed by atoms with Gasteiger partial charge in [-0.3, -0.25) is 9.52 Å². The van der Waals surface area contributed by atoms with Crippen LogP contribution in [0.1, 0.15) is 40.2 Å². The smallest absolute Gasteiger partial charge is 0.232 e. The topological polar surface area (TPSA) is 91.9 Å². The van der Waals surface area contributed by atoms with Crippen molar-refractivity contribution in [1.82, 2.24) is 9.97 Å². The van der Waals surface area contributed by atoms with Crippen molar-refractivity contribution < 1.29 is 33.0 Å². The summed E-state index contributed by atoms with van der Waals surface area (Å²) in [4.78, 5) is 19.3. The number of fused-ring (bicyclic) bond motifs is 1. The molecule has 2 aliphatic rings. The molecule has 0 unspecified atom stereocenters. The van der Waals surface area contributed by atoms with Crippen molar-refractivity contribution in [1.29, 1.82) is 0 Å². The van der Waals surface area contributed by atoms with Gasteiger partial charge >= 0.3 is 0 Å². The summed E-state index contributed by atoms with van der Waals surface area (Å²) in [6.45, 7) is -2.64. The van der Waals surface area contributed by atoms with Crippen LogP contribution in [0.25, 0.3) is 11.4 Å². The second kappa shape index (κ2) is 7.35. The van der Waals surface area contributed by atoms with Crippen LogP contribution in [0.15, 0.2) is 34.9 Å². The Kier molecular flexibility index (Phi) is 3.13. The van der Waals surface area contributed by atoms with Crippen LogP contribution >= 0.6 is 15.9 Å². The van der Waals surface area contributed by atoms with Gasteiger partial charge in [-0.1, -0.05) is 6.85 Å². The second-order valence-corrected chi connectivity index (χ2v) is 7.77. The first kappa shape index (κ1) is 11.5. The third kappa shape index (κ3) is 3.86. The van der Waals surface area contributed by atoms with Crippen molar-refractivity contribution in [3.63, 3.8) is 0 Å². The highest BCUT2D eigenvalue weighted by Gasteiger charge is 2.27. The SMILES string of the molecule is [2H]c1nc2[nH]c([2H])c(Br)c([2H])c-2c1C(=O)c1c(F)c([2H])c([2H])c(NS(=O)(=O)CCC([2H])([2H])[2H])c1F.